The lowest BCUT2D eigenvalue weighted by Crippen LogP contribution is -2.13. The van der Waals surface area contributed by atoms with Gasteiger partial charge >= 0.3 is 5.97 Å². The molecule has 7 heteroatoms. The molecule has 5 nitrogen and oxygen atoms in total. The first kappa shape index (κ1) is 15.5. The summed E-state index contributed by atoms with van der Waals surface area (Å²) in [6.45, 7) is 1.68. The van der Waals surface area contributed by atoms with Gasteiger partial charge in [-0.1, -0.05) is 18.2 Å². The average Bonchev–Trinajstić information content (AvgIpc) is 2.81. The number of aryl methyl sites for hydroxylation is 1. The number of para-hydroxylation sites is 1. The minimum absolute atomic E-state index is 0.0852. The first-order valence-corrected chi connectivity index (χ1v) is 8.15. The Hall–Kier alpha value is -1.86. The molecule has 0 unspecified atom stereocenters. The Labute approximate surface area is 130 Å². The number of nitrogens with one attached hydrogen (secondary N) is 1. The zero-order valence-corrected chi connectivity index (χ0v) is 13.0. The van der Waals surface area contributed by atoms with Crippen molar-refractivity contribution in [3.05, 3.63) is 45.9 Å². The molecule has 0 atom stereocenters. The van der Waals surface area contributed by atoms with Crippen LogP contribution in [0.1, 0.15) is 20.4 Å². The fourth-order valence-corrected chi connectivity index (χ4v) is 3.45. The van der Waals surface area contributed by atoms with E-state index in [9.17, 15) is 9.59 Å². The molecule has 0 bridgehead atoms. The van der Waals surface area contributed by atoms with Crippen LogP contribution in [0, 0.1) is 6.92 Å². The molecule has 0 spiro atoms. The number of nitrogens with zero attached hydrogens (tertiary/aromatic N) is 1. The van der Waals surface area contributed by atoms with Crippen molar-refractivity contribution in [2.75, 3.05) is 11.1 Å². The number of hydrogen-bond donors (Lipinski definition) is 2. The fourth-order valence-electron chi connectivity index (χ4n) is 1.66. The minimum Gasteiger partial charge on any atom is -0.477 e. The summed E-state index contributed by atoms with van der Waals surface area (Å²) < 4.78 is 0. The Morgan fingerprint density at radius 3 is 2.67 bits per heavy atom. The summed E-state index contributed by atoms with van der Waals surface area (Å²) in [5.74, 6) is -0.210. The second-order valence-corrected chi connectivity index (χ2v) is 6.30. The van der Waals surface area contributed by atoms with E-state index >= 15 is 0 Å². The predicted octanol–water partition coefficient (Wildman–Crippen LogP) is 3.02. The van der Waals surface area contributed by atoms with Crippen LogP contribution in [0.3, 0.4) is 0 Å². The largest absolute Gasteiger partial charge is 0.477 e. The summed E-state index contributed by atoms with van der Waals surface area (Å²) in [5.41, 5.74) is 1.29. The number of carboxylic acid groups (broad SMARTS) is 1. The van der Waals surface area contributed by atoms with Gasteiger partial charge in [0.25, 0.3) is 0 Å². The molecule has 1 aromatic heterocycles. The van der Waals surface area contributed by atoms with E-state index in [1.54, 1.807) is 6.92 Å². The highest BCUT2D eigenvalue weighted by molar-refractivity contribution is 7.99. The third-order valence-corrected chi connectivity index (χ3v) is 4.82. The summed E-state index contributed by atoms with van der Waals surface area (Å²) in [6.07, 6.45) is 0. The summed E-state index contributed by atoms with van der Waals surface area (Å²) >= 11 is 2.57. The molecule has 21 heavy (non-hydrogen) atoms. The Morgan fingerprint density at radius 1 is 1.33 bits per heavy atom. The van der Waals surface area contributed by atoms with Crippen LogP contribution in [0.2, 0.25) is 0 Å². The number of aromatic carboxylic acids is 1. The zero-order valence-electron chi connectivity index (χ0n) is 11.3. The normalized spacial score (nSPS) is 10.3. The second-order valence-electron chi connectivity index (χ2n) is 4.23. The van der Waals surface area contributed by atoms with Gasteiger partial charge in [0, 0.05) is 11.4 Å². The number of carbonyl (C=O) groups excluding carboxylic acids is 1. The van der Waals surface area contributed by atoms with E-state index in [-0.39, 0.29) is 10.8 Å². The molecule has 2 rings (SSSR count). The van der Waals surface area contributed by atoms with E-state index in [1.807, 2.05) is 30.3 Å². The van der Waals surface area contributed by atoms with Crippen LogP contribution in [0.15, 0.2) is 30.3 Å². The van der Waals surface area contributed by atoms with Gasteiger partial charge in [-0.25, -0.2) is 9.78 Å². The SMILES string of the molecule is Cc1nc(CSCC(=O)Nc2ccccc2)sc1C(=O)O. The Bertz CT molecular complexity index is 641. The Kier molecular flexibility index (Phi) is 5.35. The van der Waals surface area contributed by atoms with E-state index in [2.05, 4.69) is 10.3 Å². The highest BCUT2D eigenvalue weighted by Gasteiger charge is 2.14. The fraction of sp³-hybridized carbons (Fsp3) is 0.214. The van der Waals surface area contributed by atoms with Crippen molar-refractivity contribution in [3.8, 4) is 0 Å². The van der Waals surface area contributed by atoms with Crippen molar-refractivity contribution >= 4 is 40.7 Å². The van der Waals surface area contributed by atoms with Gasteiger partial charge in [-0.3, -0.25) is 4.79 Å². The molecule has 0 aliphatic carbocycles. The molecule has 0 fully saturated rings. The molecular formula is C14H14N2O3S2. The summed E-state index contributed by atoms with van der Waals surface area (Å²) in [4.78, 5) is 27.1. The monoisotopic (exact) mass is 322 g/mol. The van der Waals surface area contributed by atoms with Crippen molar-refractivity contribution in [1.82, 2.24) is 4.98 Å². The van der Waals surface area contributed by atoms with Crippen LogP contribution in [0.5, 0.6) is 0 Å². The minimum atomic E-state index is -0.955. The van der Waals surface area contributed by atoms with E-state index in [1.165, 1.54) is 11.8 Å². The number of thioether (sulfide) groups is 1. The molecular weight excluding hydrogens is 308 g/mol. The summed E-state index contributed by atoms with van der Waals surface area (Å²) in [6, 6.07) is 9.25. The average molecular weight is 322 g/mol. The smallest absolute Gasteiger partial charge is 0.347 e. The van der Waals surface area contributed by atoms with E-state index in [0.717, 1.165) is 22.0 Å². The first-order valence-electron chi connectivity index (χ1n) is 6.18. The van der Waals surface area contributed by atoms with Crippen molar-refractivity contribution in [2.45, 2.75) is 12.7 Å². The van der Waals surface area contributed by atoms with E-state index in [0.29, 0.717) is 17.2 Å². The highest BCUT2D eigenvalue weighted by atomic mass is 32.2. The summed E-state index contributed by atoms with van der Waals surface area (Å²) in [5, 5.41) is 12.5. The number of thiazole rings is 1. The van der Waals surface area contributed by atoms with Gasteiger partial charge in [0.1, 0.15) is 9.88 Å². The number of rotatable bonds is 6. The van der Waals surface area contributed by atoms with Gasteiger partial charge in [0.15, 0.2) is 0 Å². The lowest BCUT2D eigenvalue weighted by atomic mass is 10.3. The van der Waals surface area contributed by atoms with Crippen molar-refractivity contribution < 1.29 is 14.7 Å². The van der Waals surface area contributed by atoms with Gasteiger partial charge in [-0.15, -0.1) is 23.1 Å². The molecule has 0 radical (unpaired) electrons. The standard InChI is InChI=1S/C14H14N2O3S2/c1-9-13(14(18)19)21-12(15-9)8-20-7-11(17)16-10-5-3-2-4-6-10/h2-6H,7-8H2,1H3,(H,16,17)(H,18,19). The lowest BCUT2D eigenvalue weighted by molar-refractivity contribution is -0.113. The molecule has 2 aromatic rings. The Balaban J connectivity index is 1.80. The van der Waals surface area contributed by atoms with Gasteiger partial charge in [0.05, 0.1) is 11.4 Å². The molecule has 0 aliphatic rings. The van der Waals surface area contributed by atoms with Crippen molar-refractivity contribution in [3.63, 3.8) is 0 Å². The van der Waals surface area contributed by atoms with E-state index < -0.39 is 5.97 Å². The van der Waals surface area contributed by atoms with Crippen LogP contribution in [-0.2, 0) is 10.5 Å². The van der Waals surface area contributed by atoms with Crippen LogP contribution in [-0.4, -0.2) is 27.7 Å². The van der Waals surface area contributed by atoms with Crippen molar-refractivity contribution in [1.29, 1.82) is 0 Å². The third kappa shape index (κ3) is 4.57. The maximum Gasteiger partial charge on any atom is 0.347 e. The van der Waals surface area contributed by atoms with Crippen molar-refractivity contribution in [2.24, 2.45) is 0 Å². The van der Waals surface area contributed by atoms with Gasteiger partial charge in [-0.2, -0.15) is 0 Å². The van der Waals surface area contributed by atoms with Gasteiger partial charge in [0.2, 0.25) is 5.91 Å². The molecule has 0 saturated heterocycles. The lowest BCUT2D eigenvalue weighted by Gasteiger charge is -2.03. The number of carboxylic acids is 1. The van der Waals surface area contributed by atoms with Crippen LogP contribution >= 0.6 is 23.1 Å². The molecule has 0 saturated carbocycles. The quantitative estimate of drug-likeness (QED) is 0.854. The van der Waals surface area contributed by atoms with E-state index in [4.69, 9.17) is 5.11 Å². The summed E-state index contributed by atoms with van der Waals surface area (Å²) in [7, 11) is 0. The molecule has 110 valence electrons. The number of benzene rings is 1. The Morgan fingerprint density at radius 2 is 2.05 bits per heavy atom. The first-order chi connectivity index (χ1) is 10.1. The molecule has 0 aliphatic heterocycles. The molecule has 2 N–H and O–H groups in total. The number of anilines is 1. The predicted molar refractivity (Wildman–Crippen MR) is 85.0 cm³/mol. The highest BCUT2D eigenvalue weighted by Crippen LogP contribution is 2.22. The maximum atomic E-state index is 11.7. The number of carbonyl (C=O) groups is 2. The number of aromatic nitrogens is 1. The molecule has 1 heterocycles. The molecule has 1 amide bonds. The number of amides is 1. The zero-order chi connectivity index (χ0) is 15.2. The maximum absolute atomic E-state index is 11.7. The number of hydrogen-bond acceptors (Lipinski definition) is 5. The van der Waals surface area contributed by atoms with Gasteiger partial charge in [-0.05, 0) is 19.1 Å². The molecule has 1 aromatic carbocycles. The van der Waals surface area contributed by atoms with Gasteiger partial charge < -0.3 is 10.4 Å². The van der Waals surface area contributed by atoms with Crippen LogP contribution < -0.4 is 5.32 Å². The second kappa shape index (κ2) is 7.24. The topological polar surface area (TPSA) is 79.3 Å². The van der Waals surface area contributed by atoms with Crippen LogP contribution in [0.4, 0.5) is 5.69 Å². The third-order valence-electron chi connectivity index (χ3n) is 2.55. The van der Waals surface area contributed by atoms with Crippen LogP contribution in [0.25, 0.3) is 0 Å².